The molecule has 9 aromatic carbocycles. The van der Waals surface area contributed by atoms with Gasteiger partial charge < -0.3 is 5.73 Å². The van der Waals surface area contributed by atoms with Gasteiger partial charge in [-0.2, -0.15) is 0 Å². The Hall–Kier alpha value is -6.35. The van der Waals surface area contributed by atoms with Gasteiger partial charge in [0.15, 0.2) is 0 Å². The second-order valence-electron chi connectivity index (χ2n) is 12.8. The van der Waals surface area contributed by atoms with Crippen LogP contribution >= 0.6 is 0 Å². The topological polar surface area (TPSA) is 38.4 Å². The highest BCUT2D eigenvalue weighted by Gasteiger charge is 2.17. The molecular weight excluding hydrogens is 605 g/mol. The van der Waals surface area contributed by atoms with E-state index in [0.717, 1.165) is 27.8 Å². The molecule has 0 fully saturated rings. The van der Waals surface area contributed by atoms with Crippen LogP contribution in [0.25, 0.3) is 71.1 Å². The third kappa shape index (κ3) is 5.15. The van der Waals surface area contributed by atoms with Crippen LogP contribution in [0.2, 0.25) is 0 Å². The van der Waals surface area contributed by atoms with E-state index in [-0.39, 0.29) is 0 Å². The maximum absolute atomic E-state index is 6.88. The Morgan fingerprint density at radius 1 is 0.480 bits per heavy atom. The number of aliphatic imine (C=N–C) groups is 1. The van der Waals surface area contributed by atoms with Crippen molar-refractivity contribution in [1.82, 2.24) is 0 Å². The summed E-state index contributed by atoms with van der Waals surface area (Å²) in [4.78, 5) is 5.28. The Kier molecular flexibility index (Phi) is 7.50. The minimum atomic E-state index is -0.532. The van der Waals surface area contributed by atoms with Crippen LogP contribution in [0, 0.1) is 0 Å². The van der Waals surface area contributed by atoms with Crippen molar-refractivity contribution in [3.8, 4) is 11.1 Å². The molecule has 0 aliphatic heterocycles. The van der Waals surface area contributed by atoms with Crippen molar-refractivity contribution < 1.29 is 0 Å². The van der Waals surface area contributed by atoms with E-state index >= 15 is 0 Å². The number of nitrogens with zero attached hydrogens (tertiary/aromatic N) is 1. The number of allylic oxidation sites excluding steroid dienone is 1. The van der Waals surface area contributed by atoms with E-state index in [1.807, 2.05) is 30.3 Å². The molecule has 1 atom stereocenters. The maximum atomic E-state index is 6.88. The number of fused-ring (bicyclic) bond motifs is 7. The van der Waals surface area contributed by atoms with Gasteiger partial charge in [0.05, 0.1) is 5.71 Å². The number of rotatable bonds is 6. The molecule has 236 valence electrons. The SMILES string of the molecule is NC(N=C(/C=C/c1c2ccccc2c(-c2ccccc2)c2ccc3ccccc3c12)c1cc2ccccc2c2ccccc12)c1ccccc1. The van der Waals surface area contributed by atoms with Crippen LogP contribution < -0.4 is 5.73 Å². The van der Waals surface area contributed by atoms with Crippen molar-refractivity contribution in [2.24, 2.45) is 10.7 Å². The van der Waals surface area contributed by atoms with Crippen molar-refractivity contribution in [3.63, 3.8) is 0 Å². The zero-order valence-corrected chi connectivity index (χ0v) is 27.5. The fraction of sp³-hybridized carbons (Fsp3) is 0.0208. The Bertz CT molecular complexity index is 2760. The molecule has 0 aromatic heterocycles. The van der Waals surface area contributed by atoms with Gasteiger partial charge in [-0.25, -0.2) is 0 Å². The molecular formula is C48H34N2. The lowest BCUT2D eigenvalue weighted by atomic mass is 9.86. The van der Waals surface area contributed by atoms with Crippen LogP contribution in [-0.2, 0) is 0 Å². The van der Waals surface area contributed by atoms with Gasteiger partial charge in [-0.15, -0.1) is 0 Å². The van der Waals surface area contributed by atoms with Gasteiger partial charge in [0, 0.05) is 5.56 Å². The van der Waals surface area contributed by atoms with Crippen LogP contribution in [0.3, 0.4) is 0 Å². The summed E-state index contributed by atoms with van der Waals surface area (Å²) in [7, 11) is 0. The molecule has 9 rings (SSSR count). The van der Waals surface area contributed by atoms with Gasteiger partial charge in [0.25, 0.3) is 0 Å². The van der Waals surface area contributed by atoms with Crippen molar-refractivity contribution in [3.05, 3.63) is 199 Å². The highest BCUT2D eigenvalue weighted by Crippen LogP contribution is 2.43. The Balaban J connectivity index is 1.36. The lowest BCUT2D eigenvalue weighted by molar-refractivity contribution is 0.778. The van der Waals surface area contributed by atoms with Gasteiger partial charge in [0.1, 0.15) is 6.17 Å². The first-order valence-electron chi connectivity index (χ1n) is 17.1. The number of hydrogen-bond donors (Lipinski definition) is 1. The summed E-state index contributed by atoms with van der Waals surface area (Å²) in [6.07, 6.45) is 3.92. The lowest BCUT2D eigenvalue weighted by Crippen LogP contribution is -2.11. The molecule has 0 saturated heterocycles. The standard InChI is InChI=1S/C48H34N2/c49-48(34-18-5-2-6-19-34)50-45(44-31-35-20-8-9-21-36(35)38-23-11-12-24-39(38)44)30-29-42-40-25-13-14-26-41(40)46(33-16-3-1-4-17-33)43-28-27-32-15-7-10-22-37(32)47(42)43/h1-31,48H,49H2/b30-29+,50-45?. The monoisotopic (exact) mass is 638 g/mol. The first-order valence-corrected chi connectivity index (χ1v) is 17.1. The van der Waals surface area contributed by atoms with Crippen molar-refractivity contribution in [2.75, 3.05) is 0 Å². The molecule has 0 aliphatic rings. The van der Waals surface area contributed by atoms with Crippen LogP contribution in [0.15, 0.2) is 187 Å². The Labute approximate surface area is 291 Å². The van der Waals surface area contributed by atoms with Crippen molar-refractivity contribution >= 4 is 65.6 Å². The second kappa shape index (κ2) is 12.6. The van der Waals surface area contributed by atoms with E-state index in [9.17, 15) is 0 Å². The molecule has 0 saturated carbocycles. The molecule has 2 N–H and O–H groups in total. The highest BCUT2D eigenvalue weighted by molar-refractivity contribution is 6.27. The fourth-order valence-corrected chi connectivity index (χ4v) is 7.58. The van der Waals surface area contributed by atoms with Crippen LogP contribution in [0.4, 0.5) is 0 Å². The minimum Gasteiger partial charge on any atom is -0.306 e. The summed E-state index contributed by atoms with van der Waals surface area (Å²) in [6.45, 7) is 0. The predicted octanol–water partition coefficient (Wildman–Crippen LogP) is 12.3. The first-order chi connectivity index (χ1) is 24.7. The van der Waals surface area contributed by atoms with E-state index in [1.165, 1.54) is 59.6 Å². The molecule has 0 bridgehead atoms. The Morgan fingerprint density at radius 2 is 1.06 bits per heavy atom. The summed E-state index contributed by atoms with van der Waals surface area (Å²) in [5.41, 5.74) is 13.4. The molecule has 0 aliphatic carbocycles. The predicted molar refractivity (Wildman–Crippen MR) is 215 cm³/mol. The molecule has 50 heavy (non-hydrogen) atoms. The lowest BCUT2D eigenvalue weighted by Gasteiger charge is -2.18. The largest absolute Gasteiger partial charge is 0.306 e. The van der Waals surface area contributed by atoms with E-state index < -0.39 is 6.17 Å². The number of benzene rings is 9. The minimum absolute atomic E-state index is 0.532. The molecule has 0 spiro atoms. The molecule has 0 radical (unpaired) electrons. The average molecular weight is 639 g/mol. The summed E-state index contributed by atoms with van der Waals surface area (Å²) in [6, 6.07) is 62.4. The molecule has 2 heteroatoms. The van der Waals surface area contributed by atoms with Crippen LogP contribution in [-0.4, -0.2) is 5.71 Å². The summed E-state index contributed by atoms with van der Waals surface area (Å²) in [5, 5.41) is 12.0. The number of hydrogen-bond acceptors (Lipinski definition) is 2. The van der Waals surface area contributed by atoms with Crippen molar-refractivity contribution in [1.29, 1.82) is 0 Å². The first kappa shape index (κ1) is 29.8. The maximum Gasteiger partial charge on any atom is 0.123 e. The molecule has 0 amide bonds. The van der Waals surface area contributed by atoms with Gasteiger partial charge in [-0.05, 0) is 88.3 Å². The third-order valence-corrected chi connectivity index (χ3v) is 9.89. The average Bonchev–Trinajstić information content (AvgIpc) is 3.19. The number of nitrogens with two attached hydrogens (primary N) is 1. The van der Waals surface area contributed by atoms with Gasteiger partial charge in [-0.1, -0.05) is 176 Å². The zero-order valence-electron chi connectivity index (χ0n) is 27.5. The fourth-order valence-electron chi connectivity index (χ4n) is 7.58. The molecule has 0 heterocycles. The van der Waals surface area contributed by atoms with Crippen LogP contribution in [0.5, 0.6) is 0 Å². The molecule has 9 aromatic rings. The zero-order chi connectivity index (χ0) is 33.4. The Morgan fingerprint density at radius 3 is 1.82 bits per heavy atom. The van der Waals surface area contributed by atoms with Gasteiger partial charge in [0.2, 0.25) is 0 Å². The van der Waals surface area contributed by atoms with E-state index in [1.54, 1.807) is 0 Å². The third-order valence-electron chi connectivity index (χ3n) is 9.89. The van der Waals surface area contributed by atoms with Crippen LogP contribution in [0.1, 0.15) is 22.9 Å². The van der Waals surface area contributed by atoms with E-state index in [0.29, 0.717) is 0 Å². The summed E-state index contributed by atoms with van der Waals surface area (Å²) in [5.74, 6) is 0. The second-order valence-corrected chi connectivity index (χ2v) is 12.8. The summed E-state index contributed by atoms with van der Waals surface area (Å²) >= 11 is 0. The summed E-state index contributed by atoms with van der Waals surface area (Å²) < 4.78 is 0. The van der Waals surface area contributed by atoms with Gasteiger partial charge in [-0.3, -0.25) is 4.99 Å². The normalized spacial score (nSPS) is 12.9. The highest BCUT2D eigenvalue weighted by atomic mass is 14.9. The van der Waals surface area contributed by atoms with E-state index in [4.69, 9.17) is 10.7 Å². The van der Waals surface area contributed by atoms with Gasteiger partial charge >= 0.3 is 0 Å². The smallest absolute Gasteiger partial charge is 0.123 e. The van der Waals surface area contributed by atoms with Crippen molar-refractivity contribution in [2.45, 2.75) is 6.17 Å². The molecule has 2 nitrogen and oxygen atoms in total. The molecule has 1 unspecified atom stereocenters. The quantitative estimate of drug-likeness (QED) is 0.110. The van der Waals surface area contributed by atoms with E-state index in [2.05, 4.69) is 158 Å².